The molecule has 0 N–H and O–H groups in total. The smallest absolute Gasteiger partial charge is 0.165 e. The first-order valence-electron chi connectivity index (χ1n) is 18.5. The number of fused-ring (bicyclic) bond motifs is 6. The van der Waals surface area contributed by atoms with Crippen molar-refractivity contribution in [3.05, 3.63) is 182 Å². The van der Waals surface area contributed by atoms with Gasteiger partial charge in [-0.05, 0) is 30.3 Å². The van der Waals surface area contributed by atoms with Crippen LogP contribution in [0.1, 0.15) is 0 Å². The first-order valence-corrected chi connectivity index (χ1v) is 19.3. The predicted molar refractivity (Wildman–Crippen MR) is 230 cm³/mol. The maximum atomic E-state index is 5.38. The van der Waals surface area contributed by atoms with Crippen LogP contribution in [-0.2, 0) is 0 Å². The minimum Gasteiger partial charge on any atom is -0.309 e. The van der Waals surface area contributed by atoms with E-state index in [1.54, 1.807) is 11.3 Å². The van der Waals surface area contributed by atoms with Crippen LogP contribution in [-0.4, -0.2) is 29.5 Å². The highest BCUT2D eigenvalue weighted by Crippen LogP contribution is 2.43. The fourth-order valence-electron chi connectivity index (χ4n) is 7.66. The van der Waals surface area contributed by atoms with E-state index in [2.05, 4.69) is 120 Å². The van der Waals surface area contributed by atoms with Gasteiger partial charge in [0.1, 0.15) is 0 Å². The molecule has 11 rings (SSSR count). The summed E-state index contributed by atoms with van der Waals surface area (Å²) in [6.07, 6.45) is 0. The molecular formula is C49H30N6S. The summed E-state index contributed by atoms with van der Waals surface area (Å²) in [5.41, 5.74) is 9.95. The number of thiophene rings is 1. The van der Waals surface area contributed by atoms with E-state index in [4.69, 9.17) is 24.9 Å². The predicted octanol–water partition coefficient (Wildman–Crippen LogP) is 12.5. The molecule has 0 saturated heterocycles. The SMILES string of the molecule is c1ccc(-c2nc(-c3ccccc3)nc(-c3cccc4c3sc3c(-c5ccccc5)nc(-c5ccc6c7ccccc7n(-c7ccccc7)c6c5)nc34)n2)cc1. The fraction of sp³-hybridized carbons (Fsp3) is 0. The molecule has 4 heterocycles. The van der Waals surface area contributed by atoms with Crippen molar-refractivity contribution < 1.29 is 0 Å². The molecule has 0 spiro atoms. The molecule has 0 aliphatic rings. The first-order chi connectivity index (χ1) is 27.8. The number of benzene rings is 7. The van der Waals surface area contributed by atoms with Crippen molar-refractivity contribution in [3.8, 4) is 62.5 Å². The number of aromatic nitrogens is 6. The van der Waals surface area contributed by atoms with Crippen molar-refractivity contribution in [3.63, 3.8) is 0 Å². The molecule has 0 unspecified atom stereocenters. The van der Waals surface area contributed by atoms with Crippen LogP contribution >= 0.6 is 11.3 Å². The number of hydrogen-bond acceptors (Lipinski definition) is 6. The molecule has 6 nitrogen and oxygen atoms in total. The monoisotopic (exact) mass is 734 g/mol. The van der Waals surface area contributed by atoms with Crippen molar-refractivity contribution in [2.75, 3.05) is 0 Å². The Bertz CT molecular complexity index is 3170. The van der Waals surface area contributed by atoms with Crippen LogP contribution in [0.4, 0.5) is 0 Å². The van der Waals surface area contributed by atoms with E-state index in [0.29, 0.717) is 23.3 Å². The van der Waals surface area contributed by atoms with E-state index in [0.717, 1.165) is 70.5 Å². The normalized spacial score (nSPS) is 11.6. The average Bonchev–Trinajstić information content (AvgIpc) is 3.83. The number of hydrogen-bond donors (Lipinski definition) is 0. The van der Waals surface area contributed by atoms with E-state index in [-0.39, 0.29) is 0 Å². The van der Waals surface area contributed by atoms with Crippen molar-refractivity contribution in [2.45, 2.75) is 0 Å². The minimum atomic E-state index is 0.614. The number of nitrogens with zero attached hydrogens (tertiary/aromatic N) is 6. The van der Waals surface area contributed by atoms with Gasteiger partial charge in [0.2, 0.25) is 0 Å². The van der Waals surface area contributed by atoms with Gasteiger partial charge in [0, 0.05) is 54.4 Å². The first kappa shape index (κ1) is 32.1. The lowest BCUT2D eigenvalue weighted by atomic mass is 10.1. The Hall–Kier alpha value is -7.35. The van der Waals surface area contributed by atoms with Gasteiger partial charge in [0.05, 0.1) is 26.9 Å². The molecule has 56 heavy (non-hydrogen) atoms. The third-order valence-corrected chi connectivity index (χ3v) is 11.5. The molecule has 0 saturated carbocycles. The Morgan fingerprint density at radius 2 is 0.911 bits per heavy atom. The molecule has 11 aromatic rings. The van der Waals surface area contributed by atoms with Crippen molar-refractivity contribution >= 4 is 53.4 Å². The summed E-state index contributed by atoms with van der Waals surface area (Å²) >= 11 is 1.69. The van der Waals surface area contributed by atoms with Gasteiger partial charge >= 0.3 is 0 Å². The minimum absolute atomic E-state index is 0.614. The zero-order valence-corrected chi connectivity index (χ0v) is 30.7. The van der Waals surface area contributed by atoms with Gasteiger partial charge in [0.15, 0.2) is 23.3 Å². The van der Waals surface area contributed by atoms with Crippen molar-refractivity contribution in [2.24, 2.45) is 0 Å². The summed E-state index contributed by atoms with van der Waals surface area (Å²) in [6.45, 7) is 0. The molecule has 7 aromatic carbocycles. The molecule has 7 heteroatoms. The Balaban J connectivity index is 1.15. The van der Waals surface area contributed by atoms with Gasteiger partial charge in [-0.15, -0.1) is 11.3 Å². The number of para-hydroxylation sites is 2. The lowest BCUT2D eigenvalue weighted by Gasteiger charge is -2.10. The Morgan fingerprint density at radius 3 is 1.61 bits per heavy atom. The van der Waals surface area contributed by atoms with Gasteiger partial charge in [-0.2, -0.15) is 0 Å². The molecule has 0 bridgehead atoms. The van der Waals surface area contributed by atoms with E-state index >= 15 is 0 Å². The Kier molecular flexibility index (Phi) is 7.57. The maximum absolute atomic E-state index is 5.38. The van der Waals surface area contributed by atoms with E-state index in [1.807, 2.05) is 66.7 Å². The van der Waals surface area contributed by atoms with Crippen LogP contribution in [0.15, 0.2) is 182 Å². The highest BCUT2D eigenvalue weighted by atomic mass is 32.1. The summed E-state index contributed by atoms with van der Waals surface area (Å²) in [4.78, 5) is 25.9. The Labute approximate surface area is 326 Å². The lowest BCUT2D eigenvalue weighted by molar-refractivity contribution is 1.08. The van der Waals surface area contributed by atoms with Crippen LogP contribution in [0.3, 0.4) is 0 Å². The Morgan fingerprint density at radius 1 is 0.357 bits per heavy atom. The second-order valence-corrected chi connectivity index (χ2v) is 14.7. The highest BCUT2D eigenvalue weighted by Gasteiger charge is 2.22. The molecule has 0 fully saturated rings. The standard InChI is InChI=1S/C49H30N6S/c1-5-16-31(17-6-1)42-45-43(51-48(50-42)34-28-29-37-36-24-13-14-27-40(36)55(41(37)30-34)35-22-11-4-12-23-35)38-25-15-26-39(44(38)56-45)49-53-46(32-18-7-2-8-19-32)52-47(54-49)33-20-9-3-10-21-33/h1-30H. The summed E-state index contributed by atoms with van der Waals surface area (Å²) in [6, 6.07) is 62.6. The van der Waals surface area contributed by atoms with Gasteiger partial charge in [-0.25, -0.2) is 24.9 Å². The van der Waals surface area contributed by atoms with Crippen LogP contribution in [0.5, 0.6) is 0 Å². The summed E-state index contributed by atoms with van der Waals surface area (Å²) in [5, 5.41) is 3.43. The summed E-state index contributed by atoms with van der Waals surface area (Å²) in [5.74, 6) is 2.54. The number of rotatable bonds is 6. The molecule has 0 amide bonds. The van der Waals surface area contributed by atoms with Crippen molar-refractivity contribution in [1.29, 1.82) is 0 Å². The second-order valence-electron chi connectivity index (χ2n) is 13.7. The summed E-state index contributed by atoms with van der Waals surface area (Å²) in [7, 11) is 0. The average molecular weight is 735 g/mol. The molecule has 0 aliphatic carbocycles. The van der Waals surface area contributed by atoms with Crippen LogP contribution in [0, 0.1) is 0 Å². The van der Waals surface area contributed by atoms with Crippen LogP contribution < -0.4 is 0 Å². The van der Waals surface area contributed by atoms with Crippen LogP contribution in [0.25, 0.3) is 105 Å². The van der Waals surface area contributed by atoms with E-state index < -0.39 is 0 Å². The third kappa shape index (κ3) is 5.36. The molecule has 0 radical (unpaired) electrons. The van der Waals surface area contributed by atoms with Gasteiger partial charge in [0.25, 0.3) is 0 Å². The van der Waals surface area contributed by atoms with Crippen molar-refractivity contribution in [1.82, 2.24) is 29.5 Å². The molecule has 262 valence electrons. The van der Waals surface area contributed by atoms with E-state index in [1.165, 1.54) is 10.8 Å². The molecule has 0 atom stereocenters. The zero-order valence-electron chi connectivity index (χ0n) is 29.9. The van der Waals surface area contributed by atoms with Gasteiger partial charge in [-0.1, -0.05) is 152 Å². The molecule has 0 aliphatic heterocycles. The summed E-state index contributed by atoms with van der Waals surface area (Å²) < 4.78 is 4.40. The van der Waals surface area contributed by atoms with Gasteiger partial charge in [-0.3, -0.25) is 0 Å². The maximum Gasteiger partial charge on any atom is 0.165 e. The topological polar surface area (TPSA) is 69.4 Å². The highest BCUT2D eigenvalue weighted by molar-refractivity contribution is 7.26. The zero-order chi connectivity index (χ0) is 37.0. The van der Waals surface area contributed by atoms with Crippen LogP contribution in [0.2, 0.25) is 0 Å². The fourth-order valence-corrected chi connectivity index (χ4v) is 8.92. The third-order valence-electron chi connectivity index (χ3n) is 10.3. The second kappa shape index (κ2) is 13.2. The van der Waals surface area contributed by atoms with E-state index in [9.17, 15) is 0 Å². The molecular weight excluding hydrogens is 705 g/mol. The van der Waals surface area contributed by atoms with Gasteiger partial charge < -0.3 is 4.57 Å². The molecule has 4 aromatic heterocycles. The quantitative estimate of drug-likeness (QED) is 0.170. The lowest BCUT2D eigenvalue weighted by Crippen LogP contribution is -2.00. The largest absolute Gasteiger partial charge is 0.309 e.